The van der Waals surface area contributed by atoms with Gasteiger partial charge in [-0.2, -0.15) is 0 Å². The molecule has 3 aliphatic rings. The van der Waals surface area contributed by atoms with Gasteiger partial charge in [0.25, 0.3) is 0 Å². The summed E-state index contributed by atoms with van der Waals surface area (Å²) < 4.78 is 0. The Morgan fingerprint density at radius 1 is 0.875 bits per heavy atom. The lowest BCUT2D eigenvalue weighted by Crippen LogP contribution is -2.35. The summed E-state index contributed by atoms with van der Waals surface area (Å²) in [5, 5.41) is 1.50. The molecule has 2 atom stereocenters. The van der Waals surface area contributed by atoms with E-state index in [1.807, 2.05) is 0 Å². The number of hydrogen-bond acceptors (Lipinski definition) is 0. The topological polar surface area (TPSA) is 15.8 Å². The van der Waals surface area contributed by atoms with Crippen LogP contribution in [0.3, 0.4) is 0 Å². The van der Waals surface area contributed by atoms with Crippen molar-refractivity contribution < 1.29 is 0 Å². The first kappa shape index (κ1) is 13.3. The van der Waals surface area contributed by atoms with E-state index < -0.39 is 0 Å². The van der Waals surface area contributed by atoms with Gasteiger partial charge in [0.15, 0.2) is 0 Å². The van der Waals surface area contributed by atoms with E-state index in [-0.39, 0.29) is 0 Å². The molecule has 1 saturated carbocycles. The molecule has 1 spiro atoms. The molecule has 1 aromatic heterocycles. The molecule has 0 aliphatic heterocycles. The first-order valence-corrected chi connectivity index (χ1v) is 9.57. The van der Waals surface area contributed by atoms with Crippen molar-refractivity contribution in [2.75, 3.05) is 0 Å². The highest BCUT2D eigenvalue weighted by Gasteiger charge is 2.56. The number of rotatable bonds is 0. The lowest BCUT2D eigenvalue weighted by atomic mass is 9.63. The molecule has 0 amide bonds. The van der Waals surface area contributed by atoms with Crippen LogP contribution in [0, 0.1) is 5.92 Å². The Morgan fingerprint density at radius 3 is 2.58 bits per heavy atom. The average Bonchev–Trinajstić information content (AvgIpc) is 3.26. The van der Waals surface area contributed by atoms with Crippen LogP contribution in [-0.4, -0.2) is 4.98 Å². The van der Waals surface area contributed by atoms with Crippen molar-refractivity contribution in [1.82, 2.24) is 4.98 Å². The predicted octanol–water partition coefficient (Wildman–Crippen LogP) is 5.69. The first-order valence-electron chi connectivity index (χ1n) is 9.57. The standard InChI is InChI=1S/C23H23N/c1-6-12-23(13-7-1)18-14-15-8-2-3-9-16(15)20(18)22-21(23)17-10-4-5-11-19(17)24-22/h2-5,8-11,18,20,24H,1,6-7,12-14H2. The van der Waals surface area contributed by atoms with Gasteiger partial charge >= 0.3 is 0 Å². The van der Waals surface area contributed by atoms with Gasteiger partial charge in [-0.3, -0.25) is 0 Å². The van der Waals surface area contributed by atoms with Crippen molar-refractivity contribution in [3.8, 4) is 0 Å². The molecule has 2 aromatic carbocycles. The molecule has 0 saturated heterocycles. The maximum Gasteiger partial charge on any atom is 0.0459 e. The van der Waals surface area contributed by atoms with E-state index in [1.54, 1.807) is 22.4 Å². The zero-order valence-corrected chi connectivity index (χ0v) is 14.0. The fourth-order valence-corrected chi connectivity index (χ4v) is 6.39. The largest absolute Gasteiger partial charge is 0.358 e. The number of nitrogens with one attached hydrogen (secondary N) is 1. The number of fused-ring (bicyclic) bond motifs is 9. The normalized spacial score (nSPS) is 26.5. The highest BCUT2D eigenvalue weighted by Crippen LogP contribution is 2.64. The summed E-state index contributed by atoms with van der Waals surface area (Å²) in [6, 6.07) is 18.2. The third-order valence-electron chi connectivity index (χ3n) is 7.23. The Balaban J connectivity index is 1.67. The van der Waals surface area contributed by atoms with Crippen molar-refractivity contribution >= 4 is 10.9 Å². The lowest BCUT2D eigenvalue weighted by molar-refractivity contribution is 0.207. The maximum absolute atomic E-state index is 3.86. The molecule has 3 aliphatic carbocycles. The van der Waals surface area contributed by atoms with E-state index in [2.05, 4.69) is 53.5 Å². The van der Waals surface area contributed by atoms with Crippen molar-refractivity contribution in [3.63, 3.8) is 0 Å². The van der Waals surface area contributed by atoms with Gasteiger partial charge in [0.05, 0.1) is 0 Å². The highest BCUT2D eigenvalue weighted by atomic mass is 14.8. The molecule has 3 aromatic rings. The monoisotopic (exact) mass is 313 g/mol. The van der Waals surface area contributed by atoms with Gasteiger partial charge in [0, 0.05) is 27.9 Å². The van der Waals surface area contributed by atoms with Crippen LogP contribution in [0.4, 0.5) is 0 Å². The molecule has 1 heteroatoms. The summed E-state index contributed by atoms with van der Waals surface area (Å²) in [5.74, 6) is 1.38. The third-order valence-corrected chi connectivity index (χ3v) is 7.23. The zero-order valence-electron chi connectivity index (χ0n) is 14.0. The summed E-state index contributed by atoms with van der Waals surface area (Å²) in [6.07, 6.45) is 8.27. The molecule has 1 heterocycles. The molecule has 1 N–H and O–H groups in total. The van der Waals surface area contributed by atoms with Crippen LogP contribution in [0.25, 0.3) is 10.9 Å². The minimum atomic E-state index is 0.414. The number of H-pyrrole nitrogens is 1. The second kappa shape index (κ2) is 4.53. The van der Waals surface area contributed by atoms with Crippen LogP contribution >= 0.6 is 0 Å². The number of hydrogen-bond donors (Lipinski definition) is 1. The summed E-state index contributed by atoms with van der Waals surface area (Å²) in [5.41, 5.74) is 8.20. The Kier molecular flexibility index (Phi) is 2.51. The van der Waals surface area contributed by atoms with Crippen LogP contribution in [0.5, 0.6) is 0 Å². The average molecular weight is 313 g/mol. The Labute approximate surface area is 143 Å². The van der Waals surface area contributed by atoms with Crippen LogP contribution in [0.15, 0.2) is 48.5 Å². The van der Waals surface area contributed by atoms with Crippen LogP contribution < -0.4 is 0 Å². The first-order chi connectivity index (χ1) is 11.9. The highest BCUT2D eigenvalue weighted by molar-refractivity contribution is 5.88. The Hall–Kier alpha value is -2.02. The lowest BCUT2D eigenvalue weighted by Gasteiger charge is -2.40. The summed E-state index contributed by atoms with van der Waals surface area (Å²) in [6.45, 7) is 0. The van der Waals surface area contributed by atoms with Crippen molar-refractivity contribution in [2.24, 2.45) is 5.92 Å². The van der Waals surface area contributed by atoms with Crippen molar-refractivity contribution in [3.05, 3.63) is 70.9 Å². The number of para-hydroxylation sites is 1. The van der Waals surface area contributed by atoms with Gasteiger partial charge in [-0.1, -0.05) is 61.7 Å². The molecule has 2 unspecified atom stereocenters. The minimum absolute atomic E-state index is 0.414. The summed E-state index contributed by atoms with van der Waals surface area (Å²) in [4.78, 5) is 3.86. The Morgan fingerprint density at radius 2 is 1.67 bits per heavy atom. The quantitative estimate of drug-likeness (QED) is 0.549. The number of benzene rings is 2. The molecule has 120 valence electrons. The Bertz CT molecular complexity index is 942. The van der Waals surface area contributed by atoms with E-state index in [9.17, 15) is 0 Å². The number of aromatic amines is 1. The SMILES string of the molecule is c1ccc2c(c1)CC1C2c2[nH]c3ccccc3c2C12CCCCC2. The minimum Gasteiger partial charge on any atom is -0.358 e. The fourth-order valence-electron chi connectivity index (χ4n) is 6.39. The number of aromatic nitrogens is 1. The fraction of sp³-hybridized carbons (Fsp3) is 0.391. The molecular weight excluding hydrogens is 290 g/mol. The van der Waals surface area contributed by atoms with Gasteiger partial charge in [0.1, 0.15) is 0 Å². The van der Waals surface area contributed by atoms with Gasteiger partial charge in [-0.15, -0.1) is 0 Å². The molecular formula is C23H23N. The second-order valence-corrected chi connectivity index (χ2v) is 8.16. The smallest absolute Gasteiger partial charge is 0.0459 e. The molecule has 6 rings (SSSR count). The van der Waals surface area contributed by atoms with E-state index >= 15 is 0 Å². The van der Waals surface area contributed by atoms with Gasteiger partial charge in [-0.05, 0) is 47.9 Å². The second-order valence-electron chi connectivity index (χ2n) is 8.16. The van der Waals surface area contributed by atoms with Crippen LogP contribution in [0.1, 0.15) is 60.4 Å². The van der Waals surface area contributed by atoms with Crippen LogP contribution in [0.2, 0.25) is 0 Å². The van der Waals surface area contributed by atoms with Gasteiger partial charge in [-0.25, -0.2) is 0 Å². The molecule has 0 bridgehead atoms. The van der Waals surface area contributed by atoms with E-state index in [0.29, 0.717) is 11.3 Å². The van der Waals surface area contributed by atoms with Gasteiger partial charge < -0.3 is 4.98 Å². The van der Waals surface area contributed by atoms with Crippen molar-refractivity contribution in [1.29, 1.82) is 0 Å². The van der Waals surface area contributed by atoms with Crippen LogP contribution in [-0.2, 0) is 11.8 Å². The molecule has 0 radical (unpaired) electrons. The summed E-state index contributed by atoms with van der Waals surface area (Å²) >= 11 is 0. The van der Waals surface area contributed by atoms with E-state index in [0.717, 1.165) is 5.92 Å². The van der Waals surface area contributed by atoms with Gasteiger partial charge in [0.2, 0.25) is 0 Å². The zero-order chi connectivity index (χ0) is 15.7. The third kappa shape index (κ3) is 1.47. The van der Waals surface area contributed by atoms with Crippen molar-refractivity contribution in [2.45, 2.75) is 49.9 Å². The predicted molar refractivity (Wildman–Crippen MR) is 98.5 cm³/mol. The summed E-state index contributed by atoms with van der Waals surface area (Å²) in [7, 11) is 0. The molecule has 1 nitrogen and oxygen atoms in total. The maximum atomic E-state index is 3.86. The van der Waals surface area contributed by atoms with E-state index in [1.165, 1.54) is 49.4 Å². The molecule has 24 heavy (non-hydrogen) atoms. The molecule has 1 fully saturated rings. The van der Waals surface area contributed by atoms with E-state index in [4.69, 9.17) is 0 Å².